The van der Waals surface area contributed by atoms with E-state index in [0.29, 0.717) is 60.3 Å². The first kappa shape index (κ1) is 10.5. The molecule has 0 saturated heterocycles. The third-order valence-electron chi connectivity index (χ3n) is 1.26. The van der Waals surface area contributed by atoms with Crippen LogP contribution in [-0.2, 0) is 4.79 Å². The van der Waals surface area contributed by atoms with E-state index in [9.17, 15) is 4.79 Å². The van der Waals surface area contributed by atoms with Crippen LogP contribution in [0.4, 0.5) is 0 Å². The average Bonchev–Trinajstić information content (AvgIpc) is 1.62. The third-order valence-corrected chi connectivity index (χ3v) is 2.55. The minimum atomic E-state index is -0.106. The molecule has 0 aliphatic carbocycles. The zero-order valence-electron chi connectivity index (χ0n) is 6.99. The molecule has 2 heteroatoms. The maximum absolute atomic E-state index is 11.2. The Morgan fingerprint density at radius 2 is 1.78 bits per heavy atom. The van der Waals surface area contributed by atoms with Crippen molar-refractivity contribution in [1.82, 2.24) is 0 Å². The van der Waals surface area contributed by atoms with Crippen LogP contribution in [0.25, 0.3) is 0 Å². The second-order valence-electron chi connectivity index (χ2n) is 3.77. The number of rotatable bonds is 1. The summed E-state index contributed by atoms with van der Waals surface area (Å²) in [6, 6.07) is 0. The van der Waals surface area contributed by atoms with Gasteiger partial charge < -0.3 is 0 Å². The zero-order chi connectivity index (χ0) is 7.65. The van der Waals surface area contributed by atoms with E-state index in [1.807, 2.05) is 27.7 Å². The summed E-state index contributed by atoms with van der Waals surface area (Å²) in [6.45, 7) is 7.99. The van der Waals surface area contributed by atoms with Gasteiger partial charge in [-0.2, -0.15) is 0 Å². The van der Waals surface area contributed by atoms with Crippen LogP contribution in [0.3, 0.4) is 0 Å². The van der Waals surface area contributed by atoms with E-state index in [0.717, 1.165) is 0 Å². The van der Waals surface area contributed by atoms with Gasteiger partial charge in [-0.25, -0.2) is 0 Å². The predicted molar refractivity (Wildman–Crippen MR) is 39.6 cm³/mol. The van der Waals surface area contributed by atoms with E-state index in [-0.39, 0.29) is 5.41 Å². The molecule has 0 aromatic heterocycles. The Labute approximate surface area is 96.3 Å². The fourth-order valence-corrected chi connectivity index (χ4v) is 2.99. The number of carbonyl (C=O) groups excluding carboxylic acids is 1. The van der Waals surface area contributed by atoms with Gasteiger partial charge in [-0.3, -0.25) is 0 Å². The molecule has 0 aliphatic rings. The molecule has 48 valence electrons. The first-order chi connectivity index (χ1) is 3.85. The molecule has 1 nitrogen and oxygen atoms in total. The van der Waals surface area contributed by atoms with Crippen molar-refractivity contribution in [2.24, 2.45) is 5.41 Å². The van der Waals surface area contributed by atoms with Crippen LogP contribution >= 0.6 is 0 Å². The summed E-state index contributed by atoms with van der Waals surface area (Å²) in [5.74, 6) is 0.429. The Bertz CT molecular complexity index is 111. The van der Waals surface area contributed by atoms with E-state index in [4.69, 9.17) is 0 Å². The Balaban J connectivity index is 4.06. The molecule has 0 spiro atoms. The van der Waals surface area contributed by atoms with Crippen LogP contribution in [0, 0.1) is 5.41 Å². The summed E-state index contributed by atoms with van der Waals surface area (Å²) in [4.78, 5) is 11.2. The van der Waals surface area contributed by atoms with E-state index in [2.05, 4.69) is 0 Å². The SMILES string of the molecule is C[CH]([Rb])C(=O)C(C)(C)C. The number of hydrogen-bond acceptors (Lipinski definition) is 1. The second kappa shape index (κ2) is 3.75. The van der Waals surface area contributed by atoms with Gasteiger partial charge in [-0.1, -0.05) is 0 Å². The Morgan fingerprint density at radius 1 is 1.44 bits per heavy atom. The summed E-state index contributed by atoms with van der Waals surface area (Å²) in [6.07, 6.45) is 0. The van der Waals surface area contributed by atoms with Crippen molar-refractivity contribution in [3.8, 4) is 0 Å². The fourth-order valence-electron chi connectivity index (χ4n) is 0.866. The molecular weight excluding hydrogens is 186 g/mol. The van der Waals surface area contributed by atoms with Gasteiger partial charge in [0.2, 0.25) is 0 Å². The quantitative estimate of drug-likeness (QED) is 0.625. The Kier molecular flexibility index (Phi) is 4.36. The molecule has 0 aliphatic heterocycles. The van der Waals surface area contributed by atoms with Crippen molar-refractivity contribution in [3.63, 3.8) is 0 Å². The van der Waals surface area contributed by atoms with Gasteiger partial charge in [0.25, 0.3) is 0 Å². The van der Waals surface area contributed by atoms with Crippen LogP contribution < -0.4 is 0 Å². The number of hydrogen-bond donors (Lipinski definition) is 0. The van der Waals surface area contributed by atoms with Gasteiger partial charge >= 0.3 is 98.2 Å². The van der Waals surface area contributed by atoms with Crippen molar-refractivity contribution in [2.75, 3.05) is 0 Å². The van der Waals surface area contributed by atoms with Crippen LogP contribution in [-0.4, -0.2) is 61.3 Å². The summed E-state index contributed by atoms with van der Waals surface area (Å²) in [7, 11) is 0. The molecule has 0 aromatic carbocycles. The monoisotopic (exact) mass is 198 g/mol. The molecule has 0 saturated carbocycles. The molecule has 0 bridgehead atoms. The zero-order valence-corrected chi connectivity index (χ0v) is 11.9. The summed E-state index contributed by atoms with van der Waals surface area (Å²) in [5, 5.41) is 0. The van der Waals surface area contributed by atoms with Gasteiger partial charge in [-0.15, -0.1) is 0 Å². The fraction of sp³-hybridized carbons (Fsp3) is 0.857. The number of Topliss-reactive ketones (excluding diaryl/α,β-unsaturated/α-hetero) is 1. The van der Waals surface area contributed by atoms with Gasteiger partial charge in [0.15, 0.2) is 0 Å². The van der Waals surface area contributed by atoms with Crippen LogP contribution in [0.1, 0.15) is 27.7 Å². The molecule has 0 radical (unpaired) electrons. The summed E-state index contributed by atoms with van der Waals surface area (Å²) < 4.78 is 0.381. The van der Waals surface area contributed by atoms with Crippen molar-refractivity contribution in [3.05, 3.63) is 0 Å². The Hall–Kier alpha value is 1.48. The molecule has 1 atom stereocenters. The van der Waals surface area contributed by atoms with E-state index < -0.39 is 0 Å². The molecule has 0 heterocycles. The summed E-state index contributed by atoms with van der Waals surface area (Å²) >= 11 is 0.496. The molecule has 9 heavy (non-hydrogen) atoms. The minimum absolute atomic E-state index is 0.106. The van der Waals surface area contributed by atoms with Gasteiger partial charge in [0, 0.05) is 0 Å². The number of ketones is 1. The molecule has 0 amide bonds. The van der Waals surface area contributed by atoms with Crippen molar-refractivity contribution in [1.29, 1.82) is 0 Å². The van der Waals surface area contributed by atoms with Gasteiger partial charge in [0.1, 0.15) is 0 Å². The van der Waals surface area contributed by atoms with Crippen LogP contribution in [0.5, 0.6) is 0 Å². The molecule has 0 rings (SSSR count). The van der Waals surface area contributed by atoms with Gasteiger partial charge in [-0.05, 0) is 0 Å². The first-order valence-corrected chi connectivity index (χ1v) is 6.24. The number of carbonyl (C=O) groups is 1. The Morgan fingerprint density at radius 3 is 1.78 bits per heavy atom. The van der Waals surface area contributed by atoms with E-state index >= 15 is 0 Å². The summed E-state index contributed by atoms with van der Waals surface area (Å²) in [5.41, 5.74) is -0.106. The van der Waals surface area contributed by atoms with E-state index in [1.54, 1.807) is 0 Å². The topological polar surface area (TPSA) is 17.1 Å². The molecule has 1 unspecified atom stereocenters. The van der Waals surface area contributed by atoms with Crippen molar-refractivity contribution >= 4 is 61.3 Å². The van der Waals surface area contributed by atoms with E-state index in [1.165, 1.54) is 0 Å². The van der Waals surface area contributed by atoms with Crippen molar-refractivity contribution < 1.29 is 4.79 Å². The normalized spacial score (nSPS) is 15.3. The maximum atomic E-state index is 11.2. The standard InChI is InChI=1S/C7H13O.Rb/c1-5-6(8)7(2,3)4;/h5H,1-4H3;. The third kappa shape index (κ3) is 4.02. The molecular formula is C7H13ORb. The van der Waals surface area contributed by atoms with Crippen molar-refractivity contribution in [2.45, 2.75) is 26.7 Å². The van der Waals surface area contributed by atoms with Crippen LogP contribution in [0.2, 0.25) is -1.01 Å². The molecule has 0 aromatic rings. The molecule has 0 N–H and O–H groups in total. The van der Waals surface area contributed by atoms with Crippen LogP contribution in [0.15, 0.2) is 0 Å². The van der Waals surface area contributed by atoms with Gasteiger partial charge in [0.05, 0.1) is 0 Å². The average molecular weight is 199 g/mol. The molecule has 0 fully saturated rings. The first-order valence-electron chi connectivity index (χ1n) is 3.40. The second-order valence-corrected chi connectivity index (χ2v) is 8.03. The predicted octanol–water partition coefficient (Wildman–Crippen LogP) is 1.58.